The zero-order valence-electron chi connectivity index (χ0n) is 11.6. The number of hydrogen-bond donors (Lipinski definition) is 3. The third-order valence-electron chi connectivity index (χ3n) is 3.14. The van der Waals surface area contributed by atoms with Crippen LogP contribution in [0.25, 0.3) is 0 Å². The van der Waals surface area contributed by atoms with Crippen molar-refractivity contribution >= 4 is 24.2 Å². The maximum atomic E-state index is 11.8. The first-order chi connectivity index (χ1) is 8.21. The Kier molecular flexibility index (Phi) is 6.76. The average Bonchev–Trinajstić information content (AvgIpc) is 2.72. The fraction of sp³-hybridized carbons (Fsp3) is 0.833. The minimum Gasteiger partial charge on any atom is -0.367 e. The third-order valence-corrected chi connectivity index (χ3v) is 3.14. The van der Waals surface area contributed by atoms with Gasteiger partial charge in [-0.15, -0.1) is 12.4 Å². The Balaban J connectivity index is 0.00000324. The SMILES string of the molecule is CC(C)(C)[C@H](N)C(=O)NCC1CCC(C(N)=O)O1.Cl. The fourth-order valence-corrected chi connectivity index (χ4v) is 1.78. The van der Waals surface area contributed by atoms with E-state index >= 15 is 0 Å². The van der Waals surface area contributed by atoms with Gasteiger partial charge < -0.3 is 21.5 Å². The van der Waals surface area contributed by atoms with Crippen molar-refractivity contribution in [2.75, 3.05) is 6.54 Å². The van der Waals surface area contributed by atoms with Crippen molar-refractivity contribution in [2.45, 2.75) is 51.9 Å². The molecule has 1 rings (SSSR count). The molecular weight excluding hydrogens is 270 g/mol. The molecule has 1 fully saturated rings. The lowest BCUT2D eigenvalue weighted by Crippen LogP contribution is -2.50. The van der Waals surface area contributed by atoms with Crippen molar-refractivity contribution in [3.8, 4) is 0 Å². The zero-order valence-corrected chi connectivity index (χ0v) is 12.5. The van der Waals surface area contributed by atoms with E-state index in [1.165, 1.54) is 0 Å². The average molecular weight is 294 g/mol. The molecule has 0 aromatic heterocycles. The van der Waals surface area contributed by atoms with Crippen LogP contribution >= 0.6 is 12.4 Å². The molecule has 0 spiro atoms. The van der Waals surface area contributed by atoms with Crippen molar-refractivity contribution < 1.29 is 14.3 Å². The summed E-state index contributed by atoms with van der Waals surface area (Å²) in [5.74, 6) is -0.649. The van der Waals surface area contributed by atoms with Crippen LogP contribution in [-0.4, -0.2) is 36.6 Å². The van der Waals surface area contributed by atoms with Gasteiger partial charge in [0.05, 0.1) is 12.1 Å². The smallest absolute Gasteiger partial charge is 0.246 e. The summed E-state index contributed by atoms with van der Waals surface area (Å²) < 4.78 is 5.41. The molecule has 2 amide bonds. The lowest BCUT2D eigenvalue weighted by Gasteiger charge is -2.26. The van der Waals surface area contributed by atoms with Crippen molar-refractivity contribution in [3.05, 3.63) is 0 Å². The Hall–Kier alpha value is -0.850. The highest BCUT2D eigenvalue weighted by atomic mass is 35.5. The zero-order chi connectivity index (χ0) is 13.9. The lowest BCUT2D eigenvalue weighted by atomic mass is 9.87. The van der Waals surface area contributed by atoms with Gasteiger partial charge in [0.1, 0.15) is 6.10 Å². The highest BCUT2D eigenvalue weighted by Crippen LogP contribution is 2.20. The molecule has 0 radical (unpaired) electrons. The standard InChI is InChI=1S/C12H23N3O3.ClH/c1-12(2,3)9(13)11(17)15-6-7-4-5-8(18-7)10(14)16;/h7-9H,4-6,13H2,1-3H3,(H2,14,16)(H,15,17);1H/t7?,8?,9-;/m1./s1. The van der Waals surface area contributed by atoms with Crippen LogP contribution in [0.5, 0.6) is 0 Å². The second kappa shape index (κ2) is 7.07. The van der Waals surface area contributed by atoms with Crippen LogP contribution in [0.1, 0.15) is 33.6 Å². The molecule has 5 N–H and O–H groups in total. The number of carbonyl (C=O) groups excluding carboxylic acids is 2. The second-order valence-corrected chi connectivity index (χ2v) is 5.82. The summed E-state index contributed by atoms with van der Waals surface area (Å²) in [4.78, 5) is 22.7. The molecule has 112 valence electrons. The fourth-order valence-electron chi connectivity index (χ4n) is 1.78. The van der Waals surface area contributed by atoms with E-state index in [4.69, 9.17) is 16.2 Å². The largest absolute Gasteiger partial charge is 0.367 e. The lowest BCUT2D eigenvalue weighted by molar-refractivity contribution is -0.129. The minimum absolute atomic E-state index is 0. The summed E-state index contributed by atoms with van der Waals surface area (Å²) in [6.07, 6.45) is 0.654. The van der Waals surface area contributed by atoms with Gasteiger partial charge in [0.2, 0.25) is 11.8 Å². The van der Waals surface area contributed by atoms with E-state index < -0.39 is 18.1 Å². The molecule has 19 heavy (non-hydrogen) atoms. The maximum Gasteiger partial charge on any atom is 0.246 e. The predicted octanol–water partition coefficient (Wildman–Crippen LogP) is -0.0693. The molecule has 6 nitrogen and oxygen atoms in total. The van der Waals surface area contributed by atoms with E-state index in [-0.39, 0.29) is 29.8 Å². The summed E-state index contributed by atoms with van der Waals surface area (Å²) in [6, 6.07) is -0.564. The molecule has 0 aromatic rings. The van der Waals surface area contributed by atoms with Gasteiger partial charge in [0.15, 0.2) is 0 Å². The highest BCUT2D eigenvalue weighted by molar-refractivity contribution is 5.85. The summed E-state index contributed by atoms with van der Waals surface area (Å²) in [7, 11) is 0. The number of primary amides is 1. The van der Waals surface area contributed by atoms with Crippen molar-refractivity contribution in [1.29, 1.82) is 0 Å². The van der Waals surface area contributed by atoms with Crippen LogP contribution in [0, 0.1) is 5.41 Å². The molecule has 0 aliphatic carbocycles. The van der Waals surface area contributed by atoms with Gasteiger partial charge in [-0.2, -0.15) is 0 Å². The Bertz CT molecular complexity index is 331. The number of nitrogens with two attached hydrogens (primary N) is 2. The quantitative estimate of drug-likeness (QED) is 0.674. The first-order valence-electron chi connectivity index (χ1n) is 6.20. The Morgan fingerprint density at radius 2 is 1.95 bits per heavy atom. The van der Waals surface area contributed by atoms with Gasteiger partial charge in [-0.3, -0.25) is 9.59 Å². The number of ether oxygens (including phenoxy) is 1. The van der Waals surface area contributed by atoms with Crippen molar-refractivity contribution in [3.63, 3.8) is 0 Å². The minimum atomic E-state index is -0.564. The van der Waals surface area contributed by atoms with Gasteiger partial charge in [-0.05, 0) is 18.3 Å². The van der Waals surface area contributed by atoms with Gasteiger partial charge in [-0.25, -0.2) is 0 Å². The van der Waals surface area contributed by atoms with Crippen LogP contribution in [0.3, 0.4) is 0 Å². The summed E-state index contributed by atoms with van der Waals surface area (Å²) in [5.41, 5.74) is 10.7. The van der Waals surface area contributed by atoms with Crippen LogP contribution in [0.15, 0.2) is 0 Å². The normalized spacial score (nSPS) is 24.4. The topological polar surface area (TPSA) is 107 Å². The molecule has 7 heteroatoms. The molecule has 1 aliphatic rings. The van der Waals surface area contributed by atoms with E-state index in [1.54, 1.807) is 0 Å². The van der Waals surface area contributed by atoms with Crippen LogP contribution < -0.4 is 16.8 Å². The molecule has 0 bridgehead atoms. The molecule has 1 heterocycles. The maximum absolute atomic E-state index is 11.8. The van der Waals surface area contributed by atoms with Crippen molar-refractivity contribution in [2.24, 2.45) is 16.9 Å². The molecule has 1 saturated heterocycles. The van der Waals surface area contributed by atoms with E-state index in [0.717, 1.165) is 6.42 Å². The van der Waals surface area contributed by atoms with Gasteiger partial charge in [0, 0.05) is 6.54 Å². The van der Waals surface area contributed by atoms with Crippen LogP contribution in [-0.2, 0) is 14.3 Å². The van der Waals surface area contributed by atoms with Gasteiger partial charge >= 0.3 is 0 Å². The van der Waals surface area contributed by atoms with Crippen LogP contribution in [0.4, 0.5) is 0 Å². The van der Waals surface area contributed by atoms with Crippen molar-refractivity contribution in [1.82, 2.24) is 5.32 Å². The number of halogens is 1. The number of amides is 2. The molecule has 3 atom stereocenters. The van der Waals surface area contributed by atoms with E-state index in [1.807, 2.05) is 20.8 Å². The Morgan fingerprint density at radius 3 is 2.37 bits per heavy atom. The van der Waals surface area contributed by atoms with Gasteiger partial charge in [0.25, 0.3) is 0 Å². The molecule has 0 saturated carbocycles. The first kappa shape index (κ1) is 18.1. The van der Waals surface area contributed by atoms with Crippen LogP contribution in [0.2, 0.25) is 0 Å². The summed E-state index contributed by atoms with van der Waals surface area (Å²) in [5, 5.41) is 2.75. The molecule has 2 unspecified atom stereocenters. The van der Waals surface area contributed by atoms with E-state index in [0.29, 0.717) is 13.0 Å². The summed E-state index contributed by atoms with van der Waals surface area (Å²) in [6.45, 7) is 6.09. The number of rotatable bonds is 4. The highest BCUT2D eigenvalue weighted by Gasteiger charge is 2.31. The number of hydrogen-bond acceptors (Lipinski definition) is 4. The molecule has 0 aromatic carbocycles. The monoisotopic (exact) mass is 293 g/mol. The second-order valence-electron chi connectivity index (χ2n) is 5.82. The predicted molar refractivity (Wildman–Crippen MR) is 74.8 cm³/mol. The van der Waals surface area contributed by atoms with E-state index in [9.17, 15) is 9.59 Å². The first-order valence-corrected chi connectivity index (χ1v) is 6.20. The Morgan fingerprint density at radius 1 is 1.37 bits per heavy atom. The molecular formula is C12H24ClN3O3. The number of nitrogens with one attached hydrogen (secondary N) is 1. The third kappa shape index (κ3) is 5.34. The number of carbonyl (C=O) groups is 2. The van der Waals surface area contributed by atoms with E-state index in [2.05, 4.69) is 5.32 Å². The van der Waals surface area contributed by atoms with Gasteiger partial charge in [-0.1, -0.05) is 20.8 Å². The Labute approximate surface area is 120 Å². The summed E-state index contributed by atoms with van der Waals surface area (Å²) >= 11 is 0. The molecule has 1 aliphatic heterocycles.